The first-order chi connectivity index (χ1) is 15.1. The molecule has 0 aromatic heterocycles. The van der Waals surface area contributed by atoms with Gasteiger partial charge in [0.05, 0.1) is 13.2 Å². The molecule has 1 saturated heterocycles. The highest BCUT2D eigenvalue weighted by Gasteiger charge is 2.11. The first-order valence-electron chi connectivity index (χ1n) is 11.2. The van der Waals surface area contributed by atoms with Crippen molar-refractivity contribution in [1.82, 2.24) is 10.2 Å². The molecule has 168 valence electrons. The number of ether oxygens (including phenoxy) is 2. The van der Waals surface area contributed by atoms with Crippen LogP contribution in [0.4, 0.5) is 5.69 Å². The Balaban J connectivity index is 1.48. The van der Waals surface area contributed by atoms with Gasteiger partial charge in [0.25, 0.3) is 5.91 Å². The summed E-state index contributed by atoms with van der Waals surface area (Å²) in [5.74, 6) is 0.760. The zero-order valence-corrected chi connectivity index (χ0v) is 19.0. The van der Waals surface area contributed by atoms with E-state index >= 15 is 0 Å². The fourth-order valence-electron chi connectivity index (χ4n) is 3.80. The Morgan fingerprint density at radius 1 is 1.16 bits per heavy atom. The van der Waals surface area contributed by atoms with Crippen LogP contribution < -0.4 is 15.0 Å². The van der Waals surface area contributed by atoms with Crippen molar-refractivity contribution < 1.29 is 14.3 Å². The van der Waals surface area contributed by atoms with Crippen molar-refractivity contribution >= 4 is 11.6 Å². The summed E-state index contributed by atoms with van der Waals surface area (Å²) >= 11 is 0. The van der Waals surface area contributed by atoms with E-state index in [-0.39, 0.29) is 5.91 Å². The first-order valence-corrected chi connectivity index (χ1v) is 11.2. The van der Waals surface area contributed by atoms with Gasteiger partial charge in [0.15, 0.2) is 0 Å². The number of nitrogens with one attached hydrogen (secondary N) is 1. The van der Waals surface area contributed by atoms with Crippen molar-refractivity contribution in [3.63, 3.8) is 0 Å². The second-order valence-corrected chi connectivity index (χ2v) is 8.06. The molecule has 0 saturated carbocycles. The number of anilines is 1. The van der Waals surface area contributed by atoms with Crippen LogP contribution in [0.15, 0.2) is 48.5 Å². The van der Waals surface area contributed by atoms with Gasteiger partial charge in [-0.2, -0.15) is 0 Å². The van der Waals surface area contributed by atoms with Crippen molar-refractivity contribution in [1.29, 1.82) is 0 Å². The van der Waals surface area contributed by atoms with Gasteiger partial charge < -0.3 is 19.7 Å². The van der Waals surface area contributed by atoms with Gasteiger partial charge in [-0.1, -0.05) is 12.1 Å². The molecule has 0 unspecified atom stereocenters. The van der Waals surface area contributed by atoms with Crippen LogP contribution in [0.3, 0.4) is 0 Å². The average molecular weight is 426 g/mol. The molecule has 1 aliphatic heterocycles. The molecule has 0 spiro atoms. The lowest BCUT2D eigenvalue weighted by Gasteiger charge is -2.27. The van der Waals surface area contributed by atoms with Crippen LogP contribution in [-0.2, 0) is 11.3 Å². The zero-order valence-electron chi connectivity index (χ0n) is 19.0. The van der Waals surface area contributed by atoms with Gasteiger partial charge in [0.1, 0.15) is 12.4 Å². The molecule has 6 nitrogen and oxygen atoms in total. The van der Waals surface area contributed by atoms with E-state index < -0.39 is 0 Å². The molecule has 0 aliphatic carbocycles. The monoisotopic (exact) mass is 425 g/mol. The van der Waals surface area contributed by atoms with Crippen LogP contribution in [-0.4, -0.2) is 62.8 Å². The summed E-state index contributed by atoms with van der Waals surface area (Å²) in [5, 5.41) is 3.01. The maximum atomic E-state index is 12.6. The van der Waals surface area contributed by atoms with Crippen LogP contribution >= 0.6 is 0 Å². The summed E-state index contributed by atoms with van der Waals surface area (Å²) < 4.78 is 11.3. The second-order valence-electron chi connectivity index (χ2n) is 8.06. The summed E-state index contributed by atoms with van der Waals surface area (Å²) in [5.41, 5.74) is 2.82. The summed E-state index contributed by atoms with van der Waals surface area (Å²) in [6.45, 7) is 13.0. The average Bonchev–Trinajstić information content (AvgIpc) is 2.79. The van der Waals surface area contributed by atoms with Crippen LogP contribution in [0.5, 0.6) is 5.75 Å². The number of hydrogen-bond acceptors (Lipinski definition) is 5. The highest BCUT2D eigenvalue weighted by molar-refractivity contribution is 5.94. The highest BCUT2D eigenvalue weighted by atomic mass is 16.5. The third kappa shape index (κ3) is 6.97. The lowest BCUT2D eigenvalue weighted by atomic mass is 10.1. The second kappa shape index (κ2) is 11.7. The minimum Gasteiger partial charge on any atom is -0.492 e. The Labute approximate surface area is 186 Å². The van der Waals surface area contributed by atoms with Crippen LogP contribution in [0.1, 0.15) is 36.7 Å². The van der Waals surface area contributed by atoms with Crippen molar-refractivity contribution in [2.45, 2.75) is 33.4 Å². The molecule has 1 amide bonds. The summed E-state index contributed by atoms with van der Waals surface area (Å²) in [6.07, 6.45) is 0. The molecule has 0 radical (unpaired) electrons. The van der Waals surface area contributed by atoms with Crippen molar-refractivity contribution in [2.75, 3.05) is 50.9 Å². The van der Waals surface area contributed by atoms with Gasteiger partial charge in [-0.15, -0.1) is 0 Å². The van der Waals surface area contributed by atoms with E-state index in [1.165, 1.54) is 0 Å². The van der Waals surface area contributed by atoms with Crippen LogP contribution in [0.25, 0.3) is 0 Å². The van der Waals surface area contributed by atoms with Gasteiger partial charge in [-0.3, -0.25) is 9.69 Å². The number of hydrogen-bond donors (Lipinski definition) is 1. The molecule has 3 rings (SSSR count). The van der Waals surface area contributed by atoms with E-state index in [2.05, 4.69) is 35.9 Å². The molecule has 0 bridgehead atoms. The Hall–Kier alpha value is -2.57. The summed E-state index contributed by atoms with van der Waals surface area (Å²) in [7, 11) is 0. The number of rotatable bonds is 10. The van der Waals surface area contributed by atoms with E-state index in [9.17, 15) is 4.79 Å². The number of nitrogens with zero attached hydrogens (tertiary/aromatic N) is 2. The molecule has 6 heteroatoms. The fourth-order valence-corrected chi connectivity index (χ4v) is 3.80. The van der Waals surface area contributed by atoms with Gasteiger partial charge >= 0.3 is 0 Å². The lowest BCUT2D eigenvalue weighted by Crippen LogP contribution is -2.38. The Kier molecular flexibility index (Phi) is 8.74. The van der Waals surface area contributed by atoms with E-state index in [4.69, 9.17) is 9.47 Å². The molecular formula is C25H35N3O3. The first kappa shape index (κ1) is 23.1. The van der Waals surface area contributed by atoms with Gasteiger partial charge in [0.2, 0.25) is 0 Å². The number of carbonyl (C=O) groups excluding carboxylic acids is 1. The summed E-state index contributed by atoms with van der Waals surface area (Å²) in [6, 6.07) is 16.1. The van der Waals surface area contributed by atoms with Gasteiger partial charge in [0, 0.05) is 50.0 Å². The topological polar surface area (TPSA) is 54.0 Å². The molecule has 1 fully saturated rings. The zero-order chi connectivity index (χ0) is 22.1. The molecule has 1 aliphatic rings. The maximum absolute atomic E-state index is 12.6. The number of carbonyl (C=O) groups is 1. The molecule has 0 atom stereocenters. The van der Waals surface area contributed by atoms with E-state index in [0.29, 0.717) is 24.8 Å². The van der Waals surface area contributed by atoms with Gasteiger partial charge in [-0.25, -0.2) is 0 Å². The fraction of sp³-hybridized carbons (Fsp3) is 0.480. The highest BCUT2D eigenvalue weighted by Crippen LogP contribution is 2.18. The number of amides is 1. The SMILES string of the molecule is CCN(c1ccc(C(=O)NCc2cccc(OCCN3CCOCC3)c2)cc1)C(C)C. The Morgan fingerprint density at radius 3 is 2.58 bits per heavy atom. The quantitative estimate of drug-likeness (QED) is 0.631. The van der Waals surface area contributed by atoms with Crippen molar-refractivity contribution in [3.8, 4) is 5.75 Å². The normalized spacial score (nSPS) is 14.5. The Bertz CT molecular complexity index is 817. The maximum Gasteiger partial charge on any atom is 0.251 e. The predicted molar refractivity (Wildman–Crippen MR) is 125 cm³/mol. The molecule has 2 aromatic carbocycles. The smallest absolute Gasteiger partial charge is 0.251 e. The molecule has 1 heterocycles. The molecule has 2 aromatic rings. The minimum atomic E-state index is -0.0715. The third-order valence-electron chi connectivity index (χ3n) is 5.56. The molecule has 1 N–H and O–H groups in total. The molecular weight excluding hydrogens is 390 g/mol. The van der Waals surface area contributed by atoms with Gasteiger partial charge in [-0.05, 0) is 62.7 Å². The van der Waals surface area contributed by atoms with Crippen LogP contribution in [0.2, 0.25) is 0 Å². The van der Waals surface area contributed by atoms with Crippen LogP contribution in [0, 0.1) is 0 Å². The lowest BCUT2D eigenvalue weighted by molar-refractivity contribution is 0.0322. The molecule has 31 heavy (non-hydrogen) atoms. The predicted octanol–water partition coefficient (Wildman–Crippen LogP) is 3.56. The summed E-state index contributed by atoms with van der Waals surface area (Å²) in [4.78, 5) is 17.2. The van der Waals surface area contributed by atoms with E-state index in [1.54, 1.807) is 0 Å². The van der Waals surface area contributed by atoms with E-state index in [1.807, 2.05) is 48.5 Å². The largest absolute Gasteiger partial charge is 0.492 e. The number of benzene rings is 2. The minimum absolute atomic E-state index is 0.0715. The van der Waals surface area contributed by atoms with Crippen molar-refractivity contribution in [2.24, 2.45) is 0 Å². The van der Waals surface area contributed by atoms with E-state index in [0.717, 1.165) is 56.4 Å². The van der Waals surface area contributed by atoms with Crippen molar-refractivity contribution in [3.05, 3.63) is 59.7 Å². The number of morpholine rings is 1. The standard InChI is InChI=1S/C25H35N3O3/c1-4-28(20(2)3)23-10-8-22(9-11-23)25(29)26-19-21-6-5-7-24(18-21)31-17-14-27-12-15-30-16-13-27/h5-11,18,20H,4,12-17,19H2,1-3H3,(H,26,29). The third-order valence-corrected chi connectivity index (χ3v) is 5.56. The Morgan fingerprint density at radius 2 is 1.90 bits per heavy atom.